The third-order valence-corrected chi connectivity index (χ3v) is 3.42. The average Bonchev–Trinajstić information content (AvgIpc) is 2.50. The number of anilines is 2. The van der Waals surface area contributed by atoms with E-state index >= 15 is 0 Å². The molecule has 3 N–H and O–H groups in total. The van der Waals surface area contributed by atoms with Gasteiger partial charge in [0.2, 0.25) is 0 Å². The van der Waals surface area contributed by atoms with Crippen LogP contribution >= 0.6 is 0 Å². The predicted octanol–water partition coefficient (Wildman–Crippen LogP) is 4.04. The molecule has 0 spiro atoms. The number of nitrogens with two attached hydrogens (primary N) is 1. The van der Waals surface area contributed by atoms with Gasteiger partial charge in [-0.05, 0) is 42.7 Å². The molecule has 4 nitrogen and oxygen atoms in total. The van der Waals surface area contributed by atoms with Gasteiger partial charge in [-0.3, -0.25) is 4.79 Å². The molecule has 2 aromatic rings. The molecule has 0 aliphatic rings. The van der Waals surface area contributed by atoms with Crippen LogP contribution < -0.4 is 15.8 Å². The van der Waals surface area contributed by atoms with Gasteiger partial charge in [-0.2, -0.15) is 0 Å². The SMILES string of the molecule is CCOc1ccc(NC(=O)c2ccc(C(C)C)cc2)c(N)c1. The summed E-state index contributed by atoms with van der Waals surface area (Å²) in [6.45, 7) is 6.73. The molecule has 1 amide bonds. The van der Waals surface area contributed by atoms with E-state index in [9.17, 15) is 4.79 Å². The summed E-state index contributed by atoms with van der Waals surface area (Å²) in [5.74, 6) is 0.962. The minimum Gasteiger partial charge on any atom is -0.494 e. The first-order valence-electron chi connectivity index (χ1n) is 7.45. The Morgan fingerprint density at radius 2 is 1.86 bits per heavy atom. The molecule has 0 heterocycles. The van der Waals surface area contributed by atoms with Crippen LogP contribution in [0.15, 0.2) is 42.5 Å². The molecular formula is C18H22N2O2. The van der Waals surface area contributed by atoms with Crippen LogP contribution in [0.3, 0.4) is 0 Å². The van der Waals surface area contributed by atoms with E-state index in [0.717, 1.165) is 0 Å². The molecule has 0 saturated carbocycles. The van der Waals surface area contributed by atoms with Crippen molar-refractivity contribution in [2.75, 3.05) is 17.7 Å². The number of benzene rings is 2. The van der Waals surface area contributed by atoms with Gasteiger partial charge in [0.1, 0.15) is 5.75 Å². The van der Waals surface area contributed by atoms with E-state index in [2.05, 4.69) is 19.2 Å². The average molecular weight is 298 g/mol. The van der Waals surface area contributed by atoms with Crippen molar-refractivity contribution in [3.8, 4) is 5.75 Å². The number of carbonyl (C=O) groups excluding carboxylic acids is 1. The molecule has 2 rings (SSSR count). The lowest BCUT2D eigenvalue weighted by Crippen LogP contribution is -2.13. The van der Waals surface area contributed by atoms with Crippen molar-refractivity contribution in [1.29, 1.82) is 0 Å². The molecule has 0 saturated heterocycles. The number of hydrogen-bond donors (Lipinski definition) is 2. The number of ether oxygens (including phenoxy) is 1. The van der Waals surface area contributed by atoms with Gasteiger partial charge in [0.05, 0.1) is 18.0 Å². The molecule has 116 valence electrons. The molecule has 0 radical (unpaired) electrons. The van der Waals surface area contributed by atoms with E-state index in [0.29, 0.717) is 35.2 Å². The van der Waals surface area contributed by atoms with Crippen LogP contribution in [0.2, 0.25) is 0 Å². The maximum absolute atomic E-state index is 12.3. The lowest BCUT2D eigenvalue weighted by Gasteiger charge is -2.11. The molecule has 4 heteroatoms. The van der Waals surface area contributed by atoms with Crippen LogP contribution in [0.4, 0.5) is 11.4 Å². The molecule has 0 aliphatic carbocycles. The van der Waals surface area contributed by atoms with Gasteiger partial charge in [-0.1, -0.05) is 26.0 Å². The van der Waals surface area contributed by atoms with E-state index in [1.807, 2.05) is 31.2 Å². The van der Waals surface area contributed by atoms with Gasteiger partial charge in [0.25, 0.3) is 5.91 Å². The Morgan fingerprint density at radius 1 is 1.18 bits per heavy atom. The first-order valence-corrected chi connectivity index (χ1v) is 7.45. The fourth-order valence-electron chi connectivity index (χ4n) is 2.12. The van der Waals surface area contributed by atoms with Gasteiger partial charge in [-0.25, -0.2) is 0 Å². The third kappa shape index (κ3) is 3.79. The summed E-state index contributed by atoms with van der Waals surface area (Å²) in [6, 6.07) is 12.9. The zero-order chi connectivity index (χ0) is 16.1. The Morgan fingerprint density at radius 3 is 2.41 bits per heavy atom. The maximum Gasteiger partial charge on any atom is 0.255 e. The second-order valence-electron chi connectivity index (χ2n) is 5.41. The lowest BCUT2D eigenvalue weighted by atomic mass is 10.0. The standard InChI is InChI=1S/C18H22N2O2/c1-4-22-15-9-10-17(16(19)11-15)20-18(21)14-7-5-13(6-8-14)12(2)3/h5-12H,4,19H2,1-3H3,(H,20,21). The molecule has 22 heavy (non-hydrogen) atoms. The summed E-state index contributed by atoms with van der Waals surface area (Å²) < 4.78 is 5.37. The fourth-order valence-corrected chi connectivity index (χ4v) is 2.12. The number of nitrogens with one attached hydrogen (secondary N) is 1. The molecule has 2 aromatic carbocycles. The quantitative estimate of drug-likeness (QED) is 0.819. The molecule has 0 unspecified atom stereocenters. The normalized spacial score (nSPS) is 10.5. The van der Waals surface area contributed by atoms with Gasteiger partial charge in [0, 0.05) is 11.6 Å². The van der Waals surface area contributed by atoms with E-state index < -0.39 is 0 Å². The summed E-state index contributed by atoms with van der Waals surface area (Å²) >= 11 is 0. The Hall–Kier alpha value is -2.49. The molecular weight excluding hydrogens is 276 g/mol. The van der Waals surface area contributed by atoms with Crippen LogP contribution in [0, 0.1) is 0 Å². The lowest BCUT2D eigenvalue weighted by molar-refractivity contribution is 0.102. The van der Waals surface area contributed by atoms with Crippen molar-refractivity contribution in [1.82, 2.24) is 0 Å². The number of rotatable bonds is 5. The summed E-state index contributed by atoms with van der Waals surface area (Å²) in [4.78, 5) is 12.3. The smallest absolute Gasteiger partial charge is 0.255 e. The number of carbonyl (C=O) groups is 1. The monoisotopic (exact) mass is 298 g/mol. The molecule has 0 atom stereocenters. The van der Waals surface area contributed by atoms with Crippen molar-refractivity contribution in [3.05, 3.63) is 53.6 Å². The number of hydrogen-bond acceptors (Lipinski definition) is 3. The Balaban J connectivity index is 2.11. The largest absolute Gasteiger partial charge is 0.494 e. The third-order valence-electron chi connectivity index (χ3n) is 3.42. The maximum atomic E-state index is 12.3. The second kappa shape index (κ2) is 6.98. The summed E-state index contributed by atoms with van der Waals surface area (Å²) in [7, 11) is 0. The Kier molecular flexibility index (Phi) is 5.04. The second-order valence-corrected chi connectivity index (χ2v) is 5.41. The van der Waals surface area contributed by atoms with E-state index in [1.165, 1.54) is 5.56 Å². The van der Waals surface area contributed by atoms with Crippen molar-refractivity contribution in [2.24, 2.45) is 0 Å². The van der Waals surface area contributed by atoms with Crippen LogP contribution in [0.25, 0.3) is 0 Å². The highest BCUT2D eigenvalue weighted by Gasteiger charge is 2.09. The zero-order valence-corrected chi connectivity index (χ0v) is 13.2. The molecule has 0 fully saturated rings. The van der Waals surface area contributed by atoms with Gasteiger partial charge in [0.15, 0.2) is 0 Å². The Labute approximate surface area is 131 Å². The minimum absolute atomic E-state index is 0.175. The highest BCUT2D eigenvalue weighted by molar-refractivity contribution is 6.05. The fraction of sp³-hybridized carbons (Fsp3) is 0.278. The number of amides is 1. The number of nitrogen functional groups attached to an aromatic ring is 1. The first kappa shape index (κ1) is 15.9. The van der Waals surface area contributed by atoms with Crippen molar-refractivity contribution in [3.63, 3.8) is 0 Å². The summed E-state index contributed by atoms with van der Waals surface area (Å²) in [5.41, 5.74) is 8.83. The van der Waals surface area contributed by atoms with Crippen molar-refractivity contribution in [2.45, 2.75) is 26.7 Å². The highest BCUT2D eigenvalue weighted by atomic mass is 16.5. The van der Waals surface area contributed by atoms with Gasteiger partial charge in [-0.15, -0.1) is 0 Å². The summed E-state index contributed by atoms with van der Waals surface area (Å²) in [6.07, 6.45) is 0. The zero-order valence-electron chi connectivity index (χ0n) is 13.2. The van der Waals surface area contributed by atoms with Crippen molar-refractivity contribution >= 4 is 17.3 Å². The minimum atomic E-state index is -0.175. The molecule has 0 bridgehead atoms. The van der Waals surface area contributed by atoms with E-state index in [-0.39, 0.29) is 5.91 Å². The van der Waals surface area contributed by atoms with Gasteiger partial charge >= 0.3 is 0 Å². The molecule has 0 aliphatic heterocycles. The van der Waals surface area contributed by atoms with Crippen LogP contribution in [0.1, 0.15) is 42.6 Å². The van der Waals surface area contributed by atoms with Gasteiger partial charge < -0.3 is 15.8 Å². The molecule has 0 aromatic heterocycles. The first-order chi connectivity index (χ1) is 10.5. The topological polar surface area (TPSA) is 64.3 Å². The highest BCUT2D eigenvalue weighted by Crippen LogP contribution is 2.25. The van der Waals surface area contributed by atoms with E-state index in [4.69, 9.17) is 10.5 Å². The Bertz CT molecular complexity index is 649. The van der Waals surface area contributed by atoms with Crippen molar-refractivity contribution < 1.29 is 9.53 Å². The van der Waals surface area contributed by atoms with Crippen LogP contribution in [-0.4, -0.2) is 12.5 Å². The van der Waals surface area contributed by atoms with E-state index in [1.54, 1.807) is 18.2 Å². The predicted molar refractivity (Wildman–Crippen MR) is 90.5 cm³/mol. The van der Waals surface area contributed by atoms with Crippen LogP contribution in [-0.2, 0) is 0 Å². The van der Waals surface area contributed by atoms with Crippen LogP contribution in [0.5, 0.6) is 5.75 Å². The summed E-state index contributed by atoms with van der Waals surface area (Å²) in [5, 5.41) is 2.83.